The Bertz CT molecular complexity index is 758. The molecule has 0 aliphatic heterocycles. The number of nitrogens with two attached hydrogens (primary N) is 1. The number of aromatic nitrogens is 1. The predicted octanol–water partition coefficient (Wildman–Crippen LogP) is 4.05. The summed E-state index contributed by atoms with van der Waals surface area (Å²) in [7, 11) is 0. The molecule has 3 rings (SSSR count). The van der Waals surface area contributed by atoms with Gasteiger partial charge in [-0.15, -0.1) is 0 Å². The summed E-state index contributed by atoms with van der Waals surface area (Å²) in [6.45, 7) is 0.385. The zero-order valence-electron chi connectivity index (χ0n) is 10.7. The van der Waals surface area contributed by atoms with Crippen molar-refractivity contribution in [1.82, 2.24) is 4.98 Å². The van der Waals surface area contributed by atoms with Crippen LogP contribution in [0.1, 0.15) is 5.56 Å². The van der Waals surface area contributed by atoms with Crippen molar-refractivity contribution >= 4 is 28.2 Å². The number of fused-ring (bicyclic) bond motifs is 1. The average molecular weight is 285 g/mol. The highest BCUT2D eigenvalue weighted by Gasteiger charge is 2.07. The highest BCUT2D eigenvalue weighted by Crippen LogP contribution is 2.30. The van der Waals surface area contributed by atoms with Crippen LogP contribution in [-0.2, 0) is 6.61 Å². The van der Waals surface area contributed by atoms with Crippen LogP contribution in [0.2, 0.25) is 5.02 Å². The lowest BCUT2D eigenvalue weighted by Gasteiger charge is -2.11. The number of rotatable bonds is 3. The van der Waals surface area contributed by atoms with E-state index in [4.69, 9.17) is 22.1 Å². The number of hydrogen-bond donors (Lipinski definition) is 1. The van der Waals surface area contributed by atoms with Crippen molar-refractivity contribution in [3.05, 3.63) is 65.3 Å². The third-order valence-corrected chi connectivity index (χ3v) is 3.50. The molecule has 0 aliphatic rings. The van der Waals surface area contributed by atoms with Gasteiger partial charge in [0.2, 0.25) is 0 Å². The molecule has 0 spiro atoms. The van der Waals surface area contributed by atoms with E-state index in [2.05, 4.69) is 4.98 Å². The minimum Gasteiger partial charge on any atom is -0.487 e. The number of hydrogen-bond acceptors (Lipinski definition) is 3. The molecule has 0 amide bonds. The van der Waals surface area contributed by atoms with Gasteiger partial charge in [0, 0.05) is 22.2 Å². The van der Waals surface area contributed by atoms with Gasteiger partial charge in [-0.2, -0.15) is 0 Å². The minimum atomic E-state index is 0.385. The van der Waals surface area contributed by atoms with Gasteiger partial charge in [0.1, 0.15) is 12.4 Å². The Morgan fingerprint density at radius 3 is 2.75 bits per heavy atom. The highest BCUT2D eigenvalue weighted by atomic mass is 35.5. The monoisotopic (exact) mass is 284 g/mol. The SMILES string of the molecule is Nc1c(OCc2ccccc2Cl)ccc2ncccc12. The zero-order valence-corrected chi connectivity index (χ0v) is 11.5. The van der Waals surface area contributed by atoms with Crippen LogP contribution in [0.5, 0.6) is 5.75 Å². The van der Waals surface area contributed by atoms with E-state index in [0.717, 1.165) is 16.5 Å². The summed E-state index contributed by atoms with van der Waals surface area (Å²) in [6, 6.07) is 15.1. The topological polar surface area (TPSA) is 48.1 Å². The molecule has 0 saturated carbocycles. The normalized spacial score (nSPS) is 10.7. The average Bonchev–Trinajstić information content (AvgIpc) is 2.48. The molecule has 0 fully saturated rings. The molecule has 0 unspecified atom stereocenters. The van der Waals surface area contributed by atoms with E-state index in [9.17, 15) is 0 Å². The Hall–Kier alpha value is -2.26. The molecule has 3 nitrogen and oxygen atoms in total. The Morgan fingerprint density at radius 1 is 1.05 bits per heavy atom. The van der Waals surface area contributed by atoms with Gasteiger partial charge >= 0.3 is 0 Å². The van der Waals surface area contributed by atoms with Crippen LogP contribution in [0.25, 0.3) is 10.9 Å². The molecule has 4 heteroatoms. The first-order chi connectivity index (χ1) is 9.75. The number of anilines is 1. The molecule has 2 aromatic carbocycles. The standard InChI is InChI=1S/C16H13ClN2O/c17-13-6-2-1-4-11(13)10-20-15-8-7-14-12(16(15)18)5-3-9-19-14/h1-9H,10,18H2. The second-order valence-corrected chi connectivity index (χ2v) is 4.83. The molecule has 0 saturated heterocycles. The Balaban J connectivity index is 1.88. The summed E-state index contributed by atoms with van der Waals surface area (Å²) < 4.78 is 5.77. The van der Waals surface area contributed by atoms with Gasteiger partial charge in [0.25, 0.3) is 0 Å². The van der Waals surface area contributed by atoms with E-state index >= 15 is 0 Å². The van der Waals surface area contributed by atoms with Gasteiger partial charge in [0.15, 0.2) is 0 Å². The van der Waals surface area contributed by atoms with Crippen LogP contribution in [-0.4, -0.2) is 4.98 Å². The van der Waals surface area contributed by atoms with Crippen LogP contribution in [0.15, 0.2) is 54.7 Å². The van der Waals surface area contributed by atoms with E-state index < -0.39 is 0 Å². The summed E-state index contributed by atoms with van der Waals surface area (Å²) in [6.07, 6.45) is 1.74. The fraction of sp³-hybridized carbons (Fsp3) is 0.0625. The molecule has 3 aromatic rings. The van der Waals surface area contributed by atoms with Crippen molar-refractivity contribution in [2.45, 2.75) is 6.61 Å². The Morgan fingerprint density at radius 2 is 1.90 bits per heavy atom. The fourth-order valence-corrected chi connectivity index (χ4v) is 2.24. The van der Waals surface area contributed by atoms with E-state index in [1.807, 2.05) is 48.5 Å². The maximum Gasteiger partial charge on any atom is 0.143 e. The van der Waals surface area contributed by atoms with Crippen LogP contribution in [0.3, 0.4) is 0 Å². The van der Waals surface area contributed by atoms with Gasteiger partial charge in [0.05, 0.1) is 11.2 Å². The Labute approximate surface area is 122 Å². The van der Waals surface area contributed by atoms with Crippen molar-refractivity contribution in [2.24, 2.45) is 0 Å². The molecule has 0 aliphatic carbocycles. The lowest BCUT2D eigenvalue weighted by molar-refractivity contribution is 0.308. The lowest BCUT2D eigenvalue weighted by atomic mass is 10.1. The molecular formula is C16H13ClN2O. The lowest BCUT2D eigenvalue weighted by Crippen LogP contribution is -2.00. The Kier molecular flexibility index (Phi) is 3.44. The van der Waals surface area contributed by atoms with Crippen LogP contribution in [0, 0.1) is 0 Å². The molecule has 100 valence electrons. The van der Waals surface area contributed by atoms with Crippen LogP contribution in [0.4, 0.5) is 5.69 Å². The second kappa shape index (κ2) is 5.39. The molecular weight excluding hydrogens is 272 g/mol. The highest BCUT2D eigenvalue weighted by molar-refractivity contribution is 6.31. The van der Waals surface area contributed by atoms with E-state index in [1.165, 1.54) is 0 Å². The quantitative estimate of drug-likeness (QED) is 0.738. The summed E-state index contributed by atoms with van der Waals surface area (Å²) in [5.74, 6) is 0.644. The summed E-state index contributed by atoms with van der Waals surface area (Å²) >= 11 is 6.10. The molecule has 0 bridgehead atoms. The van der Waals surface area contributed by atoms with E-state index in [1.54, 1.807) is 6.20 Å². The van der Waals surface area contributed by atoms with Crippen molar-refractivity contribution in [2.75, 3.05) is 5.73 Å². The summed E-state index contributed by atoms with van der Waals surface area (Å²) in [5.41, 5.74) is 8.51. The van der Waals surface area contributed by atoms with Gasteiger partial charge < -0.3 is 10.5 Å². The van der Waals surface area contributed by atoms with Crippen molar-refractivity contribution in [3.63, 3.8) is 0 Å². The third kappa shape index (κ3) is 2.40. The van der Waals surface area contributed by atoms with Crippen LogP contribution >= 0.6 is 11.6 Å². The minimum absolute atomic E-state index is 0.385. The summed E-state index contributed by atoms with van der Waals surface area (Å²) in [4.78, 5) is 4.26. The molecule has 0 atom stereocenters. The zero-order chi connectivity index (χ0) is 13.9. The summed E-state index contributed by atoms with van der Waals surface area (Å²) in [5, 5.41) is 1.58. The van der Waals surface area contributed by atoms with Gasteiger partial charge in [-0.25, -0.2) is 0 Å². The maximum absolute atomic E-state index is 6.12. The largest absolute Gasteiger partial charge is 0.487 e. The molecule has 0 radical (unpaired) electrons. The van der Waals surface area contributed by atoms with Crippen molar-refractivity contribution in [1.29, 1.82) is 0 Å². The van der Waals surface area contributed by atoms with Gasteiger partial charge in [-0.3, -0.25) is 4.98 Å². The number of ether oxygens (including phenoxy) is 1. The van der Waals surface area contributed by atoms with Gasteiger partial charge in [-0.05, 0) is 30.3 Å². The number of pyridine rings is 1. The number of nitrogens with zero attached hydrogens (tertiary/aromatic N) is 1. The van der Waals surface area contributed by atoms with Gasteiger partial charge in [-0.1, -0.05) is 29.8 Å². The number of nitrogen functional groups attached to an aromatic ring is 1. The first-order valence-electron chi connectivity index (χ1n) is 6.25. The molecule has 2 N–H and O–H groups in total. The number of benzene rings is 2. The molecule has 1 heterocycles. The third-order valence-electron chi connectivity index (χ3n) is 3.13. The second-order valence-electron chi connectivity index (χ2n) is 4.43. The maximum atomic E-state index is 6.12. The van der Waals surface area contributed by atoms with Crippen molar-refractivity contribution < 1.29 is 4.74 Å². The molecule has 20 heavy (non-hydrogen) atoms. The van der Waals surface area contributed by atoms with E-state index in [0.29, 0.717) is 23.1 Å². The number of halogens is 1. The predicted molar refractivity (Wildman–Crippen MR) is 81.9 cm³/mol. The van der Waals surface area contributed by atoms with Crippen molar-refractivity contribution in [3.8, 4) is 5.75 Å². The van der Waals surface area contributed by atoms with E-state index in [-0.39, 0.29) is 0 Å². The fourth-order valence-electron chi connectivity index (χ4n) is 2.05. The first-order valence-corrected chi connectivity index (χ1v) is 6.63. The molecule has 1 aromatic heterocycles. The first kappa shape index (κ1) is 12.8. The smallest absolute Gasteiger partial charge is 0.143 e. The van der Waals surface area contributed by atoms with Crippen LogP contribution < -0.4 is 10.5 Å².